The van der Waals surface area contributed by atoms with Crippen molar-refractivity contribution in [2.24, 2.45) is 5.73 Å². The molecule has 0 radical (unpaired) electrons. The van der Waals surface area contributed by atoms with Crippen molar-refractivity contribution in [3.63, 3.8) is 0 Å². The van der Waals surface area contributed by atoms with E-state index in [4.69, 9.17) is 22.1 Å². The fourth-order valence-corrected chi connectivity index (χ4v) is 3.72. The number of piperazine rings is 1. The van der Waals surface area contributed by atoms with E-state index in [0.717, 1.165) is 49.7 Å². The van der Waals surface area contributed by atoms with Crippen molar-refractivity contribution >= 4 is 29.1 Å². The van der Waals surface area contributed by atoms with E-state index in [2.05, 4.69) is 21.2 Å². The van der Waals surface area contributed by atoms with Gasteiger partial charge in [-0.2, -0.15) is 0 Å². The number of primary amides is 1. The van der Waals surface area contributed by atoms with Crippen molar-refractivity contribution in [3.05, 3.63) is 59.1 Å². The van der Waals surface area contributed by atoms with Crippen molar-refractivity contribution in [3.8, 4) is 5.75 Å². The van der Waals surface area contributed by atoms with Crippen LogP contribution >= 0.6 is 11.6 Å². The first-order valence-electron chi connectivity index (χ1n) is 10.5. The van der Waals surface area contributed by atoms with E-state index in [9.17, 15) is 9.59 Å². The average molecular weight is 445 g/mol. The van der Waals surface area contributed by atoms with Crippen molar-refractivity contribution in [2.45, 2.75) is 12.8 Å². The summed E-state index contributed by atoms with van der Waals surface area (Å²) in [7, 11) is 0. The maximum atomic E-state index is 12.0. The Hall–Kier alpha value is -2.77. The van der Waals surface area contributed by atoms with Crippen LogP contribution in [-0.4, -0.2) is 62.6 Å². The summed E-state index contributed by atoms with van der Waals surface area (Å²) >= 11 is 6.09. The molecule has 0 atom stereocenters. The number of ether oxygens (including phenoxy) is 1. The molecule has 1 heterocycles. The normalized spacial score (nSPS) is 14.3. The smallest absolute Gasteiger partial charge is 0.257 e. The number of hydrogen-bond donors (Lipinski definition) is 2. The van der Waals surface area contributed by atoms with Gasteiger partial charge >= 0.3 is 0 Å². The highest BCUT2D eigenvalue weighted by Gasteiger charge is 2.17. The van der Waals surface area contributed by atoms with Gasteiger partial charge in [0.1, 0.15) is 5.75 Å². The van der Waals surface area contributed by atoms with Crippen molar-refractivity contribution in [1.82, 2.24) is 10.2 Å². The van der Waals surface area contributed by atoms with E-state index in [1.165, 1.54) is 5.69 Å². The summed E-state index contributed by atoms with van der Waals surface area (Å²) in [5.74, 6) is 0.0592. The third kappa shape index (κ3) is 7.77. The van der Waals surface area contributed by atoms with Crippen molar-refractivity contribution in [1.29, 1.82) is 0 Å². The summed E-state index contributed by atoms with van der Waals surface area (Å²) in [6, 6.07) is 15.0. The minimum absolute atomic E-state index is 0.0343. The van der Waals surface area contributed by atoms with Gasteiger partial charge in [-0.25, -0.2) is 0 Å². The number of halogens is 1. The highest BCUT2D eigenvalue weighted by Crippen LogP contribution is 2.20. The molecule has 2 amide bonds. The predicted octanol–water partition coefficient (Wildman–Crippen LogP) is 2.08. The zero-order valence-electron chi connectivity index (χ0n) is 17.6. The number of carbonyl (C=O) groups is 2. The molecular formula is C23H29ClN4O3. The maximum absolute atomic E-state index is 12.0. The Morgan fingerprint density at radius 1 is 1.06 bits per heavy atom. The van der Waals surface area contributed by atoms with Crippen LogP contribution in [0.2, 0.25) is 5.02 Å². The lowest BCUT2D eigenvalue weighted by Crippen LogP contribution is -2.47. The molecule has 2 aromatic carbocycles. The van der Waals surface area contributed by atoms with Gasteiger partial charge < -0.3 is 20.7 Å². The Morgan fingerprint density at radius 3 is 2.48 bits per heavy atom. The Balaban J connectivity index is 1.27. The number of nitrogens with zero attached hydrogens (tertiary/aromatic N) is 2. The van der Waals surface area contributed by atoms with Crippen LogP contribution in [0.1, 0.15) is 12.0 Å². The molecule has 0 aromatic heterocycles. The summed E-state index contributed by atoms with van der Waals surface area (Å²) in [5.41, 5.74) is 7.15. The summed E-state index contributed by atoms with van der Waals surface area (Å²) in [6.45, 7) is 5.47. The minimum atomic E-state index is -0.379. The van der Waals surface area contributed by atoms with Gasteiger partial charge in [-0.05, 0) is 48.9 Å². The van der Waals surface area contributed by atoms with E-state index in [0.29, 0.717) is 12.3 Å². The van der Waals surface area contributed by atoms with Crippen LogP contribution in [0.5, 0.6) is 5.75 Å². The molecule has 1 saturated heterocycles. The molecule has 1 aliphatic heterocycles. The van der Waals surface area contributed by atoms with Crippen LogP contribution in [-0.2, 0) is 16.0 Å². The van der Waals surface area contributed by atoms with Crippen LogP contribution in [0.25, 0.3) is 0 Å². The van der Waals surface area contributed by atoms with Gasteiger partial charge in [-0.1, -0.05) is 29.8 Å². The molecule has 31 heavy (non-hydrogen) atoms. The number of amides is 2. The molecule has 8 heteroatoms. The second kappa shape index (κ2) is 11.6. The third-order valence-corrected chi connectivity index (χ3v) is 5.43. The quantitative estimate of drug-likeness (QED) is 0.548. The number of hydrogen-bond acceptors (Lipinski definition) is 5. The average Bonchev–Trinajstić information content (AvgIpc) is 2.76. The number of benzene rings is 2. The molecule has 0 bridgehead atoms. The maximum Gasteiger partial charge on any atom is 0.257 e. The van der Waals surface area contributed by atoms with Crippen molar-refractivity contribution in [2.75, 3.05) is 50.8 Å². The van der Waals surface area contributed by atoms with Crippen LogP contribution in [0.15, 0.2) is 48.5 Å². The van der Waals surface area contributed by atoms with Gasteiger partial charge in [0.25, 0.3) is 5.91 Å². The van der Waals surface area contributed by atoms with Crippen LogP contribution < -0.4 is 20.7 Å². The highest BCUT2D eigenvalue weighted by atomic mass is 35.5. The molecule has 0 spiro atoms. The highest BCUT2D eigenvalue weighted by molar-refractivity contribution is 6.30. The van der Waals surface area contributed by atoms with Gasteiger partial charge in [0, 0.05) is 43.4 Å². The molecule has 2 aromatic rings. The molecule has 0 unspecified atom stereocenters. The van der Waals surface area contributed by atoms with Gasteiger partial charge in [0.2, 0.25) is 5.91 Å². The summed E-state index contributed by atoms with van der Waals surface area (Å²) < 4.78 is 5.48. The summed E-state index contributed by atoms with van der Waals surface area (Å²) in [6.07, 6.45) is 1.08. The van der Waals surface area contributed by atoms with Gasteiger partial charge in [0.15, 0.2) is 6.61 Å². The zero-order chi connectivity index (χ0) is 22.1. The molecule has 7 nitrogen and oxygen atoms in total. The van der Waals surface area contributed by atoms with Crippen molar-refractivity contribution < 1.29 is 14.3 Å². The summed E-state index contributed by atoms with van der Waals surface area (Å²) in [4.78, 5) is 27.6. The van der Waals surface area contributed by atoms with Gasteiger partial charge in [-0.3, -0.25) is 14.5 Å². The first-order chi connectivity index (χ1) is 15.0. The molecule has 166 valence electrons. The minimum Gasteiger partial charge on any atom is -0.484 e. The number of carbonyl (C=O) groups excluding carboxylic acids is 2. The predicted molar refractivity (Wildman–Crippen MR) is 123 cm³/mol. The lowest BCUT2D eigenvalue weighted by atomic mass is 10.1. The number of nitrogens with one attached hydrogen (secondary N) is 1. The molecule has 0 saturated carbocycles. The standard InChI is InChI=1S/C23H29ClN4O3/c24-19-3-1-4-20(16-19)28-13-11-27(12-14-28)10-2-9-26-23(30)17-31-21-7-5-18(6-8-21)15-22(25)29/h1,3-8,16H,2,9-15,17H2,(H2,25,29)(H,26,30). The lowest BCUT2D eigenvalue weighted by molar-refractivity contribution is -0.123. The Labute approximate surface area is 188 Å². The number of nitrogens with two attached hydrogens (primary N) is 1. The topological polar surface area (TPSA) is 87.9 Å². The van der Waals surface area contributed by atoms with E-state index in [1.807, 2.05) is 18.2 Å². The van der Waals surface area contributed by atoms with E-state index >= 15 is 0 Å². The SMILES string of the molecule is NC(=O)Cc1ccc(OCC(=O)NCCCN2CCN(c3cccc(Cl)c3)CC2)cc1. The van der Waals surface area contributed by atoms with E-state index in [1.54, 1.807) is 24.3 Å². The zero-order valence-corrected chi connectivity index (χ0v) is 18.3. The van der Waals surface area contributed by atoms with E-state index < -0.39 is 0 Å². The van der Waals surface area contributed by atoms with Gasteiger partial charge in [0.05, 0.1) is 6.42 Å². The molecule has 3 rings (SSSR count). The fraction of sp³-hybridized carbons (Fsp3) is 0.391. The third-order valence-electron chi connectivity index (χ3n) is 5.19. The Kier molecular flexibility index (Phi) is 8.55. The molecule has 3 N–H and O–H groups in total. The first-order valence-corrected chi connectivity index (χ1v) is 10.9. The Bertz CT molecular complexity index is 867. The first kappa shape index (κ1) is 22.9. The number of anilines is 1. The van der Waals surface area contributed by atoms with Crippen LogP contribution in [0, 0.1) is 0 Å². The van der Waals surface area contributed by atoms with E-state index in [-0.39, 0.29) is 24.8 Å². The molecule has 1 aliphatic rings. The van der Waals surface area contributed by atoms with Gasteiger partial charge in [-0.15, -0.1) is 0 Å². The summed E-state index contributed by atoms with van der Waals surface area (Å²) in [5, 5.41) is 3.66. The largest absolute Gasteiger partial charge is 0.484 e. The number of rotatable bonds is 10. The monoisotopic (exact) mass is 444 g/mol. The lowest BCUT2D eigenvalue weighted by Gasteiger charge is -2.36. The second-order valence-corrected chi connectivity index (χ2v) is 8.02. The second-order valence-electron chi connectivity index (χ2n) is 7.59. The molecule has 0 aliphatic carbocycles. The molecular weight excluding hydrogens is 416 g/mol. The van der Waals surface area contributed by atoms with Crippen LogP contribution in [0.4, 0.5) is 5.69 Å². The Morgan fingerprint density at radius 2 is 1.81 bits per heavy atom. The van der Waals surface area contributed by atoms with Crippen LogP contribution in [0.3, 0.4) is 0 Å². The molecule has 1 fully saturated rings. The fourth-order valence-electron chi connectivity index (χ4n) is 3.54.